The van der Waals surface area contributed by atoms with Crippen molar-refractivity contribution in [2.45, 2.75) is 6.54 Å². The van der Waals surface area contributed by atoms with Crippen LogP contribution in [0.4, 0.5) is 4.39 Å². The molecule has 0 amide bonds. The van der Waals surface area contributed by atoms with Crippen molar-refractivity contribution in [3.05, 3.63) is 29.6 Å². The molecule has 0 spiro atoms. The van der Waals surface area contributed by atoms with Crippen molar-refractivity contribution in [2.24, 2.45) is 16.5 Å². The second kappa shape index (κ2) is 4.51. The third-order valence-corrected chi connectivity index (χ3v) is 2.55. The quantitative estimate of drug-likeness (QED) is 0.554. The Bertz CT molecular complexity index is 334. The van der Waals surface area contributed by atoms with Crippen LogP contribution in [0.15, 0.2) is 23.2 Å². The molecule has 0 atom stereocenters. The molecular formula is C8H9AtFN3. The van der Waals surface area contributed by atoms with E-state index in [2.05, 4.69) is 4.99 Å². The summed E-state index contributed by atoms with van der Waals surface area (Å²) in [5.41, 5.74) is 11.2. The van der Waals surface area contributed by atoms with E-state index in [-0.39, 0.29) is 11.8 Å². The Hall–Kier alpha value is -0.697. The number of guanidine groups is 1. The number of hydrogen-bond acceptors (Lipinski definition) is 1. The van der Waals surface area contributed by atoms with Crippen LogP contribution in [0.1, 0.15) is 5.56 Å². The molecule has 0 unspecified atom stereocenters. The number of halogens is 1. The summed E-state index contributed by atoms with van der Waals surface area (Å²) in [4.78, 5) is 3.82. The van der Waals surface area contributed by atoms with Crippen molar-refractivity contribution in [3.63, 3.8) is 0 Å². The Balaban J connectivity index is 2.80. The molecule has 1 aromatic rings. The van der Waals surface area contributed by atoms with Crippen molar-refractivity contribution >= 4 is 9.23 Å². The zero-order valence-electron chi connectivity index (χ0n) is 6.80. The molecule has 0 aromatic heterocycles. The Morgan fingerprint density at radius 3 is 2.69 bits per heavy atom. The summed E-state index contributed by atoms with van der Waals surface area (Å²) in [7, 11) is 0. The molecule has 0 bridgehead atoms. The van der Waals surface area contributed by atoms with Crippen LogP contribution in [0.2, 0.25) is 0 Å². The van der Waals surface area contributed by atoms with E-state index < -0.39 is 0 Å². The molecule has 0 radical (unpaired) electrons. The van der Waals surface area contributed by atoms with Gasteiger partial charge < -0.3 is 0 Å². The molecule has 3 nitrogen and oxygen atoms in total. The first-order chi connectivity index (χ1) is 6.09. The molecule has 0 aliphatic carbocycles. The molecule has 0 aliphatic rings. The molecule has 4 N–H and O–H groups in total. The number of benzene rings is 1. The van der Waals surface area contributed by atoms with Gasteiger partial charge in [-0.2, -0.15) is 0 Å². The molecular weight excluding hydrogens is 367 g/mol. The van der Waals surface area contributed by atoms with Crippen LogP contribution in [0.5, 0.6) is 0 Å². The van der Waals surface area contributed by atoms with Gasteiger partial charge in [-0.25, -0.2) is 0 Å². The first-order valence-corrected chi connectivity index (χ1v) is 5.06. The molecule has 70 valence electrons. The average Bonchev–Trinajstić information content (AvgIpc) is 2.07. The Labute approximate surface area is 90.9 Å². The molecule has 0 aliphatic heterocycles. The van der Waals surface area contributed by atoms with Gasteiger partial charge in [-0.05, 0) is 0 Å². The van der Waals surface area contributed by atoms with Crippen LogP contribution >= 0.6 is 0 Å². The molecule has 0 saturated heterocycles. The number of rotatable bonds is 2. The topological polar surface area (TPSA) is 64.4 Å². The van der Waals surface area contributed by atoms with Gasteiger partial charge in [0.25, 0.3) is 0 Å². The molecule has 1 rings (SSSR count). The molecule has 13 heavy (non-hydrogen) atoms. The average molecular weight is 376 g/mol. The van der Waals surface area contributed by atoms with Gasteiger partial charge in [-0.1, -0.05) is 0 Å². The first kappa shape index (κ1) is 10.4. The molecule has 5 heteroatoms. The molecule has 0 fully saturated rings. The normalized spacial score (nSPS) is 9.69. The van der Waals surface area contributed by atoms with Gasteiger partial charge in [-0.3, -0.25) is 0 Å². The van der Waals surface area contributed by atoms with Crippen molar-refractivity contribution < 1.29 is 29.1 Å². The number of nitrogens with zero attached hydrogens (tertiary/aromatic N) is 1. The van der Waals surface area contributed by atoms with E-state index in [0.29, 0.717) is 9.82 Å². The summed E-state index contributed by atoms with van der Waals surface area (Å²) in [6.07, 6.45) is 0. The van der Waals surface area contributed by atoms with Crippen LogP contribution < -0.4 is 14.7 Å². The monoisotopic (exact) mass is 376 g/mol. The third kappa shape index (κ3) is 3.27. The predicted molar refractivity (Wildman–Crippen MR) is 45.5 cm³/mol. The standard InChI is InChI=1S/C8H9AtFN3/c9-6-3-5(1-2-7(6)10)4-13-8(11)12/h1-3H,4H2,(H4,11,12,13). The Kier molecular flexibility index (Phi) is 3.61. The first-order valence-electron chi connectivity index (χ1n) is 3.59. The van der Waals surface area contributed by atoms with Gasteiger partial charge in [0.2, 0.25) is 0 Å². The minimum atomic E-state index is -0.190. The summed E-state index contributed by atoms with van der Waals surface area (Å²) in [5.74, 6) is -0.142. The summed E-state index contributed by atoms with van der Waals surface area (Å²) in [6.45, 7) is 0.401. The fourth-order valence-electron chi connectivity index (χ4n) is 0.821. The van der Waals surface area contributed by atoms with Crippen molar-refractivity contribution in [2.75, 3.05) is 0 Å². The van der Waals surface area contributed by atoms with Crippen LogP contribution in [0.3, 0.4) is 0 Å². The minimum absolute atomic E-state index is 0.0480. The summed E-state index contributed by atoms with van der Waals surface area (Å²) >= 11 is 1.30. The molecule has 1 aromatic carbocycles. The third-order valence-electron chi connectivity index (χ3n) is 1.43. The van der Waals surface area contributed by atoms with Crippen molar-refractivity contribution in [1.82, 2.24) is 0 Å². The van der Waals surface area contributed by atoms with Crippen LogP contribution in [-0.2, 0) is 6.54 Å². The van der Waals surface area contributed by atoms with E-state index in [1.165, 1.54) is 30.8 Å². The second-order valence-corrected chi connectivity index (χ2v) is 4.07. The Morgan fingerprint density at radius 2 is 2.15 bits per heavy atom. The van der Waals surface area contributed by atoms with E-state index in [4.69, 9.17) is 11.5 Å². The van der Waals surface area contributed by atoms with E-state index >= 15 is 0 Å². The van der Waals surface area contributed by atoms with E-state index in [9.17, 15) is 4.39 Å². The number of hydrogen-bond donors (Lipinski definition) is 2. The maximum absolute atomic E-state index is 12.8. The van der Waals surface area contributed by atoms with E-state index in [0.717, 1.165) is 5.56 Å². The van der Waals surface area contributed by atoms with Crippen molar-refractivity contribution in [1.29, 1.82) is 0 Å². The van der Waals surface area contributed by atoms with Gasteiger partial charge >= 0.3 is 90.9 Å². The Morgan fingerprint density at radius 1 is 1.46 bits per heavy atom. The SMILES string of the molecule is NC(N)=NCc1ccc(F)c([At])c1. The zero-order valence-corrected chi connectivity index (χ0v) is 9.74. The summed E-state index contributed by atoms with van der Waals surface area (Å²) in [6, 6.07) is 4.84. The van der Waals surface area contributed by atoms with Gasteiger partial charge in [0.15, 0.2) is 0 Å². The fourth-order valence-corrected chi connectivity index (χ4v) is 1.61. The maximum atomic E-state index is 12.8. The van der Waals surface area contributed by atoms with E-state index in [1.54, 1.807) is 12.1 Å². The van der Waals surface area contributed by atoms with Gasteiger partial charge in [0, 0.05) is 0 Å². The van der Waals surface area contributed by atoms with Crippen LogP contribution in [-0.4, -0.2) is 5.96 Å². The molecule has 0 saturated carbocycles. The number of nitrogens with two attached hydrogens (primary N) is 2. The van der Waals surface area contributed by atoms with Gasteiger partial charge in [0.1, 0.15) is 0 Å². The number of aliphatic imine (C=N–C) groups is 1. The fraction of sp³-hybridized carbons (Fsp3) is 0.125. The predicted octanol–water partition coefficient (Wildman–Crippen LogP) is -0.226. The summed E-state index contributed by atoms with van der Waals surface area (Å²) in [5, 5.41) is 0. The van der Waals surface area contributed by atoms with Crippen LogP contribution in [0.25, 0.3) is 0 Å². The zero-order chi connectivity index (χ0) is 9.84. The van der Waals surface area contributed by atoms with Crippen molar-refractivity contribution in [3.8, 4) is 0 Å². The van der Waals surface area contributed by atoms with E-state index in [1.807, 2.05) is 0 Å². The second-order valence-electron chi connectivity index (χ2n) is 2.49. The van der Waals surface area contributed by atoms with Gasteiger partial charge in [-0.15, -0.1) is 0 Å². The van der Waals surface area contributed by atoms with Crippen LogP contribution in [0, 0.1) is 30.5 Å². The summed E-state index contributed by atoms with van der Waals surface area (Å²) < 4.78 is 13.5. The van der Waals surface area contributed by atoms with Gasteiger partial charge in [0.05, 0.1) is 0 Å². The molecule has 0 heterocycles.